The summed E-state index contributed by atoms with van der Waals surface area (Å²) in [5.74, 6) is 2.24. The number of aromatic nitrogens is 5. The van der Waals surface area contributed by atoms with E-state index in [1.54, 1.807) is 11.8 Å². The topological polar surface area (TPSA) is 70.9 Å². The van der Waals surface area contributed by atoms with Crippen molar-refractivity contribution >= 4 is 28.9 Å². The first-order valence-electron chi connectivity index (χ1n) is 10.1. The lowest BCUT2D eigenvalue weighted by atomic mass is 9.84. The van der Waals surface area contributed by atoms with Crippen molar-refractivity contribution in [2.24, 2.45) is 0 Å². The second-order valence-corrected chi connectivity index (χ2v) is 8.91. The molecule has 2 N–H and O–H groups in total. The summed E-state index contributed by atoms with van der Waals surface area (Å²) in [5, 5.41) is 16.7. The molecule has 0 aliphatic heterocycles. The van der Waals surface area contributed by atoms with Crippen LogP contribution < -0.4 is 5.32 Å². The molecule has 1 aliphatic rings. The molecule has 3 aromatic heterocycles. The Kier molecular flexibility index (Phi) is 4.97. The van der Waals surface area contributed by atoms with Gasteiger partial charge in [0.05, 0.1) is 0 Å². The van der Waals surface area contributed by atoms with Gasteiger partial charge in [0, 0.05) is 23.2 Å². The van der Waals surface area contributed by atoms with Crippen LogP contribution in [0.25, 0.3) is 5.52 Å². The van der Waals surface area contributed by atoms with E-state index in [9.17, 15) is 0 Å². The van der Waals surface area contributed by atoms with Crippen LogP contribution in [0.5, 0.6) is 0 Å². The van der Waals surface area contributed by atoms with Gasteiger partial charge in [0.15, 0.2) is 11.6 Å². The van der Waals surface area contributed by atoms with Crippen molar-refractivity contribution in [2.75, 3.05) is 5.32 Å². The predicted molar refractivity (Wildman–Crippen MR) is 117 cm³/mol. The summed E-state index contributed by atoms with van der Waals surface area (Å²) in [7, 11) is 0. The first-order chi connectivity index (χ1) is 14.2. The Hall–Kier alpha value is -2.80. The quantitative estimate of drug-likeness (QED) is 0.471. The number of thioether (sulfide) groups is 1. The van der Waals surface area contributed by atoms with Gasteiger partial charge in [-0.15, -0.1) is 5.10 Å². The molecular formula is C22H24N6S. The monoisotopic (exact) mass is 404 g/mol. The molecule has 148 valence electrons. The van der Waals surface area contributed by atoms with Crippen LogP contribution in [0.2, 0.25) is 0 Å². The molecule has 7 heteroatoms. The number of nitrogens with zero attached hydrogens (tertiary/aromatic N) is 4. The fraction of sp³-hybridized carbons (Fsp3) is 0.318. The average molecular weight is 405 g/mol. The van der Waals surface area contributed by atoms with Crippen molar-refractivity contribution in [3.05, 3.63) is 66.0 Å². The van der Waals surface area contributed by atoms with E-state index in [2.05, 4.69) is 45.8 Å². The van der Waals surface area contributed by atoms with Crippen LogP contribution in [0, 0.1) is 6.92 Å². The minimum absolute atomic E-state index is 0.559. The van der Waals surface area contributed by atoms with E-state index < -0.39 is 0 Å². The molecule has 29 heavy (non-hydrogen) atoms. The number of anilines is 2. The van der Waals surface area contributed by atoms with E-state index in [0.717, 1.165) is 28.0 Å². The van der Waals surface area contributed by atoms with Crippen molar-refractivity contribution in [3.63, 3.8) is 0 Å². The van der Waals surface area contributed by atoms with Crippen molar-refractivity contribution < 1.29 is 0 Å². The minimum atomic E-state index is 0.559. The van der Waals surface area contributed by atoms with Gasteiger partial charge in [0.1, 0.15) is 5.52 Å². The molecule has 4 aromatic rings. The molecular weight excluding hydrogens is 380 g/mol. The highest BCUT2D eigenvalue weighted by atomic mass is 32.2. The lowest BCUT2D eigenvalue weighted by Crippen LogP contribution is -2.16. The maximum Gasteiger partial charge on any atom is 0.209 e. The standard InChI is InChI=1S/C22H24N6S/c1-15-14-20(26-25-15)23-21-19-8-5-13-28(19)27-22(24-21)29-18-11-9-17(10-12-18)16-6-3-2-4-7-16/h2-8,13-14,17-18H,9-12H2,1H3,(H2,23,24,25,26,27). The largest absolute Gasteiger partial charge is 0.322 e. The molecule has 1 aromatic carbocycles. The number of fused-ring (bicyclic) bond motifs is 1. The van der Waals surface area contributed by atoms with Crippen molar-refractivity contribution in [2.45, 2.75) is 48.9 Å². The Morgan fingerprint density at radius 1 is 1.07 bits per heavy atom. The van der Waals surface area contributed by atoms with E-state index in [1.165, 1.54) is 31.2 Å². The molecule has 0 atom stereocenters. The second-order valence-electron chi connectivity index (χ2n) is 7.64. The van der Waals surface area contributed by atoms with Crippen LogP contribution >= 0.6 is 11.8 Å². The zero-order chi connectivity index (χ0) is 19.6. The van der Waals surface area contributed by atoms with E-state index >= 15 is 0 Å². The Bertz CT molecular complexity index is 1090. The zero-order valence-electron chi connectivity index (χ0n) is 16.4. The van der Waals surface area contributed by atoms with Gasteiger partial charge >= 0.3 is 0 Å². The molecule has 0 unspecified atom stereocenters. The number of benzene rings is 1. The Balaban J connectivity index is 1.31. The average Bonchev–Trinajstić information content (AvgIpc) is 3.38. The summed E-state index contributed by atoms with van der Waals surface area (Å²) >= 11 is 1.80. The first kappa shape index (κ1) is 18.2. The molecule has 3 heterocycles. The van der Waals surface area contributed by atoms with Gasteiger partial charge in [0.25, 0.3) is 0 Å². The molecule has 0 amide bonds. The van der Waals surface area contributed by atoms with Crippen LogP contribution in [0.3, 0.4) is 0 Å². The van der Waals surface area contributed by atoms with Crippen LogP contribution in [0.15, 0.2) is 59.9 Å². The van der Waals surface area contributed by atoms with E-state index in [-0.39, 0.29) is 0 Å². The molecule has 6 nitrogen and oxygen atoms in total. The second kappa shape index (κ2) is 7.91. The maximum atomic E-state index is 4.81. The first-order valence-corrected chi connectivity index (χ1v) is 11.0. The Morgan fingerprint density at radius 3 is 2.66 bits per heavy atom. The number of hydrogen-bond donors (Lipinski definition) is 2. The molecule has 1 saturated carbocycles. The molecule has 0 radical (unpaired) electrons. The fourth-order valence-electron chi connectivity index (χ4n) is 4.05. The van der Waals surface area contributed by atoms with Crippen LogP contribution in [0.1, 0.15) is 42.9 Å². The van der Waals surface area contributed by atoms with E-state index in [0.29, 0.717) is 11.2 Å². The van der Waals surface area contributed by atoms with Crippen LogP contribution in [-0.4, -0.2) is 30.0 Å². The number of H-pyrrole nitrogens is 1. The predicted octanol–water partition coefficient (Wildman–Crippen LogP) is 5.32. The smallest absolute Gasteiger partial charge is 0.209 e. The fourth-order valence-corrected chi connectivity index (χ4v) is 5.13. The molecule has 5 rings (SSSR count). The van der Waals surface area contributed by atoms with Gasteiger partial charge in [-0.1, -0.05) is 42.1 Å². The third kappa shape index (κ3) is 4.00. The molecule has 1 aliphatic carbocycles. The zero-order valence-corrected chi connectivity index (χ0v) is 17.2. The summed E-state index contributed by atoms with van der Waals surface area (Å²) < 4.78 is 1.90. The lowest BCUT2D eigenvalue weighted by Gasteiger charge is -2.28. The normalized spacial score (nSPS) is 19.5. The van der Waals surface area contributed by atoms with Gasteiger partial charge in [-0.05, 0) is 56.2 Å². The van der Waals surface area contributed by atoms with E-state index in [1.807, 2.05) is 35.8 Å². The SMILES string of the molecule is Cc1cc(Nc2nc(SC3CCC(c4ccccc4)CC3)nn3cccc23)n[nH]1. The van der Waals surface area contributed by atoms with Crippen LogP contribution in [-0.2, 0) is 0 Å². The highest BCUT2D eigenvalue weighted by Gasteiger charge is 2.24. The molecule has 0 spiro atoms. The minimum Gasteiger partial charge on any atom is -0.322 e. The summed E-state index contributed by atoms with van der Waals surface area (Å²) in [6, 6.07) is 16.9. The van der Waals surface area contributed by atoms with Crippen LogP contribution in [0.4, 0.5) is 11.6 Å². The Labute approximate surface area is 174 Å². The summed E-state index contributed by atoms with van der Waals surface area (Å²) in [6.45, 7) is 1.98. The highest BCUT2D eigenvalue weighted by molar-refractivity contribution is 7.99. The van der Waals surface area contributed by atoms with Crippen molar-refractivity contribution in [1.29, 1.82) is 0 Å². The van der Waals surface area contributed by atoms with Gasteiger partial charge in [-0.3, -0.25) is 5.10 Å². The third-order valence-corrected chi connectivity index (χ3v) is 6.73. The number of aryl methyl sites for hydroxylation is 1. The van der Waals surface area contributed by atoms with Gasteiger partial charge in [-0.25, -0.2) is 9.50 Å². The molecule has 0 saturated heterocycles. The summed E-state index contributed by atoms with van der Waals surface area (Å²) in [5.41, 5.74) is 3.43. The summed E-state index contributed by atoms with van der Waals surface area (Å²) in [6.07, 6.45) is 6.81. The number of nitrogens with one attached hydrogen (secondary N) is 2. The highest BCUT2D eigenvalue weighted by Crippen LogP contribution is 2.39. The molecule has 0 bridgehead atoms. The van der Waals surface area contributed by atoms with Crippen molar-refractivity contribution in [1.82, 2.24) is 24.8 Å². The van der Waals surface area contributed by atoms with Crippen molar-refractivity contribution in [3.8, 4) is 0 Å². The molecule has 1 fully saturated rings. The lowest BCUT2D eigenvalue weighted by molar-refractivity contribution is 0.452. The maximum absolute atomic E-state index is 4.81. The van der Waals surface area contributed by atoms with Gasteiger partial charge in [-0.2, -0.15) is 5.10 Å². The Morgan fingerprint density at radius 2 is 1.90 bits per heavy atom. The van der Waals surface area contributed by atoms with Gasteiger partial charge in [0.2, 0.25) is 5.16 Å². The number of aromatic amines is 1. The third-order valence-electron chi connectivity index (χ3n) is 5.54. The van der Waals surface area contributed by atoms with E-state index in [4.69, 9.17) is 10.1 Å². The summed E-state index contributed by atoms with van der Waals surface area (Å²) in [4.78, 5) is 4.81. The number of rotatable bonds is 5. The number of hydrogen-bond acceptors (Lipinski definition) is 5. The van der Waals surface area contributed by atoms with Gasteiger partial charge < -0.3 is 5.32 Å².